The number of hydrogen-bond acceptors (Lipinski definition) is 5. The molecule has 0 spiro atoms. The fraction of sp³-hybridized carbons (Fsp3) is 0.455. The third-order valence-corrected chi connectivity index (χ3v) is 2.71. The summed E-state index contributed by atoms with van der Waals surface area (Å²) in [5.74, 6) is -0.287. The zero-order chi connectivity index (χ0) is 12.8. The van der Waals surface area contributed by atoms with E-state index in [2.05, 4.69) is 4.98 Å². The number of pyridine rings is 1. The van der Waals surface area contributed by atoms with Crippen LogP contribution < -0.4 is 5.48 Å². The molecule has 3 N–H and O–H groups in total. The Hall–Kier alpha value is -1.66. The van der Waals surface area contributed by atoms with E-state index in [9.17, 15) is 9.90 Å². The van der Waals surface area contributed by atoms with Crippen molar-refractivity contribution < 1.29 is 15.1 Å². The zero-order valence-electron chi connectivity index (χ0n) is 9.93. The second kappa shape index (κ2) is 3.68. The van der Waals surface area contributed by atoms with E-state index < -0.39 is 11.8 Å². The Morgan fingerprint density at radius 3 is 2.65 bits per heavy atom. The van der Waals surface area contributed by atoms with Gasteiger partial charge < -0.3 is 10.0 Å². The number of nitrogens with one attached hydrogen (secondary N) is 1. The van der Waals surface area contributed by atoms with Gasteiger partial charge in [0.2, 0.25) is 0 Å². The molecule has 6 nitrogen and oxygen atoms in total. The molecule has 1 aromatic heterocycles. The summed E-state index contributed by atoms with van der Waals surface area (Å²) in [6, 6.07) is 1.47. The predicted molar refractivity (Wildman–Crippen MR) is 60.5 cm³/mol. The molecule has 0 saturated heterocycles. The van der Waals surface area contributed by atoms with Crippen molar-refractivity contribution in [2.24, 2.45) is 0 Å². The minimum Gasteiger partial charge on any atom is -0.368 e. The van der Waals surface area contributed by atoms with Gasteiger partial charge in [0.15, 0.2) is 6.23 Å². The molecule has 1 atom stereocenters. The van der Waals surface area contributed by atoms with Crippen LogP contribution in [0.15, 0.2) is 12.3 Å². The minimum absolute atomic E-state index is 0.287. The number of rotatable bonds is 1. The Labute approximate surface area is 98.8 Å². The summed E-state index contributed by atoms with van der Waals surface area (Å²) in [7, 11) is 0. The molecule has 0 fully saturated rings. The van der Waals surface area contributed by atoms with Crippen molar-refractivity contribution in [2.45, 2.75) is 32.5 Å². The van der Waals surface area contributed by atoms with Gasteiger partial charge in [-0.25, -0.2) is 0 Å². The third-order valence-electron chi connectivity index (χ3n) is 2.71. The first-order valence-electron chi connectivity index (χ1n) is 5.28. The molecule has 0 aromatic carbocycles. The summed E-state index contributed by atoms with van der Waals surface area (Å²) in [5, 5.41) is 18.8. The summed E-state index contributed by atoms with van der Waals surface area (Å²) in [5.41, 5.74) is 2.39. The van der Waals surface area contributed by atoms with Crippen LogP contribution in [0.2, 0.25) is 0 Å². The Bertz CT molecular complexity index is 468. The molecule has 0 radical (unpaired) electrons. The average Bonchev–Trinajstić information content (AvgIpc) is 2.50. The molecule has 2 rings (SSSR count). The van der Waals surface area contributed by atoms with E-state index in [1.54, 1.807) is 0 Å². The van der Waals surface area contributed by atoms with Gasteiger partial charge in [0, 0.05) is 5.54 Å². The summed E-state index contributed by atoms with van der Waals surface area (Å²) < 4.78 is 0. The second-order valence-electron chi connectivity index (χ2n) is 4.99. The molecule has 6 heteroatoms. The number of anilines is 1. The quantitative estimate of drug-likeness (QED) is 0.637. The normalized spacial score (nSPS) is 19.5. The van der Waals surface area contributed by atoms with Crippen molar-refractivity contribution in [3.05, 3.63) is 23.5 Å². The maximum Gasteiger partial charge on any atom is 0.258 e. The van der Waals surface area contributed by atoms with E-state index in [0.29, 0.717) is 16.9 Å². The second-order valence-corrected chi connectivity index (χ2v) is 4.99. The van der Waals surface area contributed by atoms with Crippen LogP contribution in [-0.4, -0.2) is 31.6 Å². The molecule has 1 aliphatic heterocycles. The van der Waals surface area contributed by atoms with Crippen molar-refractivity contribution in [3.63, 3.8) is 0 Å². The highest BCUT2D eigenvalue weighted by atomic mass is 16.5. The summed E-state index contributed by atoms with van der Waals surface area (Å²) in [4.78, 5) is 17.5. The highest BCUT2D eigenvalue weighted by Crippen LogP contribution is 2.36. The number of hydrogen-bond donors (Lipinski definition) is 3. The van der Waals surface area contributed by atoms with Crippen LogP contribution in [0.4, 0.5) is 5.69 Å². The number of carbonyl (C=O) groups excluding carboxylic acids is 1. The number of aromatic nitrogens is 1. The van der Waals surface area contributed by atoms with Crippen LogP contribution in [-0.2, 0) is 0 Å². The highest BCUT2D eigenvalue weighted by molar-refractivity contribution is 5.99. The Balaban J connectivity index is 2.49. The van der Waals surface area contributed by atoms with Crippen molar-refractivity contribution in [1.82, 2.24) is 9.88 Å². The molecule has 0 saturated carbocycles. The lowest BCUT2D eigenvalue weighted by atomic mass is 10.1. The molecule has 92 valence electrons. The SMILES string of the molecule is CC(C)(C)N1C(=O)c2cc(NO)cnc2C1O. The fourth-order valence-corrected chi connectivity index (χ4v) is 1.95. The maximum atomic E-state index is 12.1. The molecule has 17 heavy (non-hydrogen) atoms. The summed E-state index contributed by atoms with van der Waals surface area (Å²) in [6.07, 6.45) is 0.326. The standard InChI is InChI=1S/C11H15N3O3/c1-11(2,3)14-9(15)7-4-6(13-17)5-12-8(7)10(14)16/h4-5,10,13,16-17H,1-3H3. The summed E-state index contributed by atoms with van der Waals surface area (Å²) >= 11 is 0. The van der Waals surface area contributed by atoms with Crippen LogP contribution in [0.1, 0.15) is 43.1 Å². The monoisotopic (exact) mass is 237 g/mol. The van der Waals surface area contributed by atoms with Crippen LogP contribution in [0.25, 0.3) is 0 Å². The van der Waals surface area contributed by atoms with Gasteiger partial charge in [-0.2, -0.15) is 0 Å². The third kappa shape index (κ3) is 1.75. The first kappa shape index (κ1) is 11.8. The first-order chi connectivity index (χ1) is 7.86. The Morgan fingerprint density at radius 2 is 2.12 bits per heavy atom. The van der Waals surface area contributed by atoms with Crippen molar-refractivity contribution >= 4 is 11.6 Å². The van der Waals surface area contributed by atoms with Crippen molar-refractivity contribution in [2.75, 3.05) is 5.48 Å². The molecule has 1 aromatic rings. The molecule has 1 aliphatic rings. The molecule has 1 amide bonds. The zero-order valence-corrected chi connectivity index (χ0v) is 9.93. The van der Waals surface area contributed by atoms with E-state index in [1.165, 1.54) is 17.2 Å². The predicted octanol–water partition coefficient (Wildman–Crippen LogP) is 1.13. The molecule has 0 aliphatic carbocycles. The fourth-order valence-electron chi connectivity index (χ4n) is 1.95. The highest BCUT2D eigenvalue weighted by Gasteiger charge is 2.42. The molecular weight excluding hydrogens is 222 g/mol. The molecular formula is C11H15N3O3. The lowest BCUT2D eigenvalue weighted by Gasteiger charge is -2.34. The molecule has 2 heterocycles. The number of aliphatic hydroxyl groups is 1. The number of amides is 1. The van der Waals surface area contributed by atoms with E-state index >= 15 is 0 Å². The molecule has 1 unspecified atom stereocenters. The van der Waals surface area contributed by atoms with Crippen LogP contribution in [0.3, 0.4) is 0 Å². The van der Waals surface area contributed by atoms with Gasteiger partial charge in [-0.05, 0) is 26.8 Å². The van der Waals surface area contributed by atoms with Gasteiger partial charge in [-0.3, -0.25) is 20.5 Å². The molecule has 0 bridgehead atoms. The van der Waals surface area contributed by atoms with E-state index in [-0.39, 0.29) is 5.91 Å². The van der Waals surface area contributed by atoms with E-state index in [0.717, 1.165) is 0 Å². The van der Waals surface area contributed by atoms with Crippen molar-refractivity contribution in [3.8, 4) is 0 Å². The number of carbonyl (C=O) groups is 1. The van der Waals surface area contributed by atoms with Crippen LogP contribution >= 0.6 is 0 Å². The Morgan fingerprint density at radius 1 is 1.47 bits per heavy atom. The van der Waals surface area contributed by atoms with Crippen LogP contribution in [0, 0.1) is 0 Å². The van der Waals surface area contributed by atoms with Gasteiger partial charge in [0.05, 0.1) is 17.4 Å². The van der Waals surface area contributed by atoms with Crippen LogP contribution in [0.5, 0.6) is 0 Å². The van der Waals surface area contributed by atoms with Crippen molar-refractivity contribution in [1.29, 1.82) is 0 Å². The average molecular weight is 237 g/mol. The lowest BCUT2D eigenvalue weighted by Crippen LogP contribution is -2.43. The summed E-state index contributed by atoms with van der Waals surface area (Å²) in [6.45, 7) is 5.52. The van der Waals surface area contributed by atoms with Gasteiger partial charge in [-0.1, -0.05) is 0 Å². The Kier molecular flexibility index (Phi) is 2.56. The van der Waals surface area contributed by atoms with Gasteiger partial charge in [0.1, 0.15) is 5.69 Å². The largest absolute Gasteiger partial charge is 0.368 e. The minimum atomic E-state index is -1.04. The first-order valence-corrected chi connectivity index (χ1v) is 5.28. The number of nitrogens with zero attached hydrogens (tertiary/aromatic N) is 2. The smallest absolute Gasteiger partial charge is 0.258 e. The van der Waals surface area contributed by atoms with Gasteiger partial charge >= 0.3 is 0 Å². The van der Waals surface area contributed by atoms with Gasteiger partial charge in [-0.15, -0.1) is 0 Å². The number of aliphatic hydroxyl groups excluding tert-OH is 1. The van der Waals surface area contributed by atoms with Gasteiger partial charge in [0.25, 0.3) is 5.91 Å². The van der Waals surface area contributed by atoms with E-state index in [1.807, 2.05) is 26.3 Å². The number of fused-ring (bicyclic) bond motifs is 1. The lowest BCUT2D eigenvalue weighted by molar-refractivity contribution is -0.0246. The van der Waals surface area contributed by atoms with E-state index in [4.69, 9.17) is 5.21 Å². The maximum absolute atomic E-state index is 12.1. The topological polar surface area (TPSA) is 85.7 Å².